The zero-order valence-corrected chi connectivity index (χ0v) is 10.3. The van der Waals surface area contributed by atoms with Crippen molar-refractivity contribution in [1.82, 2.24) is 0 Å². The van der Waals surface area contributed by atoms with Gasteiger partial charge in [0.1, 0.15) is 0 Å². The summed E-state index contributed by atoms with van der Waals surface area (Å²) in [5.41, 5.74) is 1.31. The van der Waals surface area contributed by atoms with Crippen LogP contribution in [0.3, 0.4) is 0 Å². The van der Waals surface area contributed by atoms with Crippen molar-refractivity contribution in [1.29, 1.82) is 0 Å². The Hall–Kier alpha value is -0.201. The Morgan fingerprint density at radius 1 is 1.15 bits per heavy atom. The van der Waals surface area contributed by atoms with Gasteiger partial charge in [-0.15, -0.1) is 0 Å². The van der Waals surface area contributed by atoms with Gasteiger partial charge in [-0.1, -0.05) is 0 Å². The van der Waals surface area contributed by atoms with Gasteiger partial charge in [0.15, 0.2) is 0 Å². The molecule has 0 saturated carbocycles. The van der Waals surface area contributed by atoms with Gasteiger partial charge in [-0.2, -0.15) is 0 Å². The van der Waals surface area contributed by atoms with Gasteiger partial charge in [0.2, 0.25) is 0 Å². The number of hydrogen-bond donors (Lipinski definition) is 0. The monoisotopic (exact) mass is 304 g/mol. The molecule has 0 N–H and O–H groups in total. The zero-order chi connectivity index (χ0) is 9.26. The Morgan fingerprint density at radius 2 is 1.85 bits per heavy atom. The number of ether oxygens (including phenoxy) is 1. The van der Waals surface area contributed by atoms with E-state index in [0.29, 0.717) is 5.92 Å². The number of benzene rings is 1. The van der Waals surface area contributed by atoms with Crippen molar-refractivity contribution in [3.8, 4) is 0 Å². The fourth-order valence-corrected chi connectivity index (χ4v) is 2.89. The van der Waals surface area contributed by atoms with Gasteiger partial charge in [0.25, 0.3) is 0 Å². The molecule has 1 aromatic carbocycles. The van der Waals surface area contributed by atoms with Gasteiger partial charge in [0, 0.05) is 0 Å². The first-order valence-corrected chi connectivity index (χ1v) is 5.78. The maximum atomic E-state index is 5.45. The molecule has 1 aliphatic rings. The Labute approximate surface area is 93.2 Å². The van der Waals surface area contributed by atoms with Crippen LogP contribution in [-0.4, -0.2) is 40.4 Å². The maximum absolute atomic E-state index is 5.45. The van der Waals surface area contributed by atoms with E-state index in [-0.39, 0.29) is 0 Å². The third-order valence-electron chi connectivity index (χ3n) is 2.07. The molecule has 0 amide bonds. The van der Waals surface area contributed by atoms with Gasteiger partial charge >= 0.3 is 93.3 Å². The molecule has 1 nitrogen and oxygen atoms in total. The molecular formula is C10H8OSe2. The molecule has 1 aromatic rings. The topological polar surface area (TPSA) is 9.23 Å². The van der Waals surface area contributed by atoms with E-state index in [1.807, 2.05) is 6.07 Å². The van der Waals surface area contributed by atoms with E-state index in [2.05, 4.69) is 55.4 Å². The summed E-state index contributed by atoms with van der Waals surface area (Å²) in [5, 5.41) is 0. The molecule has 1 heterocycles. The second kappa shape index (κ2) is 3.89. The molecule has 1 atom stereocenters. The van der Waals surface area contributed by atoms with Crippen LogP contribution in [0.25, 0.3) is 0 Å². The third kappa shape index (κ3) is 2.00. The van der Waals surface area contributed by atoms with E-state index in [9.17, 15) is 0 Å². The van der Waals surface area contributed by atoms with Crippen LogP contribution in [0.4, 0.5) is 0 Å². The first-order chi connectivity index (χ1) is 6.27. The summed E-state index contributed by atoms with van der Waals surface area (Å²) in [6.45, 7) is 0. The van der Waals surface area contributed by atoms with Crippen LogP contribution in [0.15, 0.2) is 30.3 Å². The molecule has 1 aliphatic heterocycles. The Kier molecular flexibility index (Phi) is 2.80. The van der Waals surface area contributed by atoms with Crippen molar-refractivity contribution in [2.24, 2.45) is 0 Å². The van der Waals surface area contributed by atoms with Gasteiger partial charge < -0.3 is 0 Å². The van der Waals surface area contributed by atoms with Crippen LogP contribution in [0.5, 0.6) is 0 Å². The molecule has 1 fully saturated rings. The first-order valence-electron chi connectivity index (χ1n) is 4.07. The Balaban J connectivity index is 2.28. The van der Waals surface area contributed by atoms with Crippen LogP contribution in [0.1, 0.15) is 17.9 Å². The minimum atomic E-state index is 0.387. The summed E-state index contributed by atoms with van der Waals surface area (Å²) in [7, 11) is 0. The molecule has 1 saturated heterocycles. The molecule has 0 spiro atoms. The molecule has 0 aromatic heterocycles. The van der Waals surface area contributed by atoms with Crippen LogP contribution in [0, 0.1) is 0 Å². The van der Waals surface area contributed by atoms with Crippen molar-refractivity contribution in [3.05, 3.63) is 35.9 Å². The molecule has 0 radical (unpaired) electrons. The number of rotatable bonds is 1. The average Bonchev–Trinajstić information content (AvgIpc) is 2.47. The van der Waals surface area contributed by atoms with Crippen molar-refractivity contribution in [2.45, 2.75) is 12.3 Å². The third-order valence-corrected chi connectivity index (χ3v) is 3.37. The molecule has 2 rings (SSSR count). The van der Waals surface area contributed by atoms with E-state index in [0.717, 1.165) is 15.6 Å². The fourth-order valence-electron chi connectivity index (χ4n) is 1.41. The summed E-state index contributed by atoms with van der Waals surface area (Å²) in [5.74, 6) is 0.387. The summed E-state index contributed by atoms with van der Waals surface area (Å²) in [4.78, 5) is 0. The van der Waals surface area contributed by atoms with E-state index in [4.69, 9.17) is 4.74 Å². The summed E-state index contributed by atoms with van der Waals surface area (Å²) < 4.78 is 7.40. The molecule has 3 heteroatoms. The van der Waals surface area contributed by atoms with Gasteiger partial charge in [-0.3, -0.25) is 0 Å². The van der Waals surface area contributed by atoms with Gasteiger partial charge in [-0.05, 0) is 0 Å². The Morgan fingerprint density at radius 3 is 2.38 bits per heavy atom. The van der Waals surface area contributed by atoms with Gasteiger partial charge in [0.05, 0.1) is 0 Å². The predicted octanol–water partition coefficient (Wildman–Crippen LogP) is 0.787. The minimum absolute atomic E-state index is 0.387. The fraction of sp³-hybridized carbons (Fsp3) is 0.200. The van der Waals surface area contributed by atoms with E-state index >= 15 is 0 Å². The zero-order valence-electron chi connectivity index (χ0n) is 6.90. The molecule has 0 aliphatic carbocycles. The summed E-state index contributed by atoms with van der Waals surface area (Å²) >= 11 is 5.89. The van der Waals surface area contributed by atoms with Gasteiger partial charge in [-0.25, -0.2) is 0 Å². The first kappa shape index (κ1) is 9.36. The van der Waals surface area contributed by atoms with Crippen molar-refractivity contribution in [2.75, 3.05) is 0 Å². The standard InChI is InChI=1S/C10H8OSe2/c12-9-6-8(10(13)11-9)7-4-2-1-3-5-7/h1-5,8H,6H2. The Bertz CT molecular complexity index is 345. The molecule has 66 valence electrons. The van der Waals surface area contributed by atoms with E-state index in [1.54, 1.807) is 0 Å². The van der Waals surface area contributed by atoms with Crippen LogP contribution >= 0.6 is 0 Å². The van der Waals surface area contributed by atoms with Crippen LogP contribution in [0.2, 0.25) is 0 Å². The molecular weight excluding hydrogens is 294 g/mol. The quantitative estimate of drug-likeness (QED) is 0.697. The molecule has 13 heavy (non-hydrogen) atoms. The second-order valence-electron chi connectivity index (χ2n) is 2.96. The SMILES string of the molecule is [Se]=C1CC(c2ccccc2)C(=[Se])O1. The summed E-state index contributed by atoms with van der Waals surface area (Å²) in [6.07, 6.45) is 0.951. The average molecular weight is 302 g/mol. The predicted molar refractivity (Wildman–Crippen MR) is 56.4 cm³/mol. The van der Waals surface area contributed by atoms with Crippen LogP contribution in [-0.2, 0) is 4.74 Å². The second-order valence-corrected chi connectivity index (χ2v) is 4.76. The van der Waals surface area contributed by atoms with Crippen molar-refractivity contribution in [3.63, 3.8) is 0 Å². The van der Waals surface area contributed by atoms with Crippen LogP contribution < -0.4 is 0 Å². The van der Waals surface area contributed by atoms with E-state index < -0.39 is 0 Å². The summed E-state index contributed by atoms with van der Waals surface area (Å²) in [6, 6.07) is 10.4. The van der Waals surface area contributed by atoms with Crippen molar-refractivity contribution < 1.29 is 4.74 Å². The molecule has 0 bridgehead atoms. The number of hydrogen-bond acceptors (Lipinski definition) is 1. The normalized spacial score (nSPS) is 21.7. The molecule has 1 unspecified atom stereocenters. The van der Waals surface area contributed by atoms with Crippen molar-refractivity contribution >= 4 is 40.4 Å². The van der Waals surface area contributed by atoms with E-state index in [1.165, 1.54) is 5.56 Å².